The van der Waals surface area contributed by atoms with Crippen LogP contribution in [-0.4, -0.2) is 4.57 Å². The van der Waals surface area contributed by atoms with Crippen LogP contribution in [0.3, 0.4) is 0 Å². The molecule has 0 bridgehead atoms. The molecule has 0 N–H and O–H groups in total. The Morgan fingerprint density at radius 1 is 0.267 bits per heavy atom. The topological polar surface area (TPSA) is 8.17 Å². The van der Waals surface area contributed by atoms with Crippen molar-refractivity contribution in [2.45, 2.75) is 0 Å². The van der Waals surface area contributed by atoms with E-state index in [9.17, 15) is 0 Å². The van der Waals surface area contributed by atoms with Gasteiger partial charge in [-0.05, 0) is 122 Å². The highest BCUT2D eigenvalue weighted by Gasteiger charge is 2.18. The minimum Gasteiger partial charge on any atom is -0.310 e. The van der Waals surface area contributed by atoms with Gasteiger partial charge in [0.2, 0.25) is 0 Å². The summed E-state index contributed by atoms with van der Waals surface area (Å²) in [5.74, 6) is 0. The van der Waals surface area contributed by atoms with E-state index in [2.05, 4.69) is 252 Å². The molecule has 2 nitrogen and oxygen atoms in total. The fraction of sp³-hybridized carbons (Fsp3) is 0. The maximum Gasteiger partial charge on any atom is 0.0541 e. The number of fused-ring (bicyclic) bond motifs is 4. The molecule has 0 atom stereocenters. The van der Waals surface area contributed by atoms with E-state index in [-0.39, 0.29) is 0 Å². The fourth-order valence-corrected chi connectivity index (χ4v) is 8.84. The molecule has 0 aliphatic heterocycles. The van der Waals surface area contributed by atoms with Gasteiger partial charge in [0.05, 0.1) is 11.0 Å². The van der Waals surface area contributed by atoms with Crippen molar-refractivity contribution in [3.8, 4) is 50.2 Å². The summed E-state index contributed by atoms with van der Waals surface area (Å²) in [6.45, 7) is 0. The minimum atomic E-state index is 1.09. The van der Waals surface area contributed by atoms with Crippen molar-refractivity contribution in [1.82, 2.24) is 4.57 Å². The maximum atomic E-state index is 2.40. The number of anilines is 3. The molecule has 11 rings (SSSR count). The molecular weight excluding hydrogens is 725 g/mol. The number of nitrogens with zero attached hydrogens (tertiary/aromatic N) is 2. The molecule has 0 saturated carbocycles. The first-order valence-corrected chi connectivity index (χ1v) is 20.6. The third-order valence-corrected chi connectivity index (χ3v) is 11.8. The highest BCUT2D eigenvalue weighted by Crippen LogP contribution is 2.41. The van der Waals surface area contributed by atoms with Crippen LogP contribution in [0.4, 0.5) is 17.1 Å². The summed E-state index contributed by atoms with van der Waals surface area (Å²) in [4.78, 5) is 2.37. The average molecular weight is 765 g/mol. The fourth-order valence-electron chi connectivity index (χ4n) is 8.84. The molecular formula is C58H40N2. The molecule has 0 aliphatic carbocycles. The zero-order valence-corrected chi connectivity index (χ0v) is 33.0. The molecule has 282 valence electrons. The van der Waals surface area contributed by atoms with Gasteiger partial charge in [0.15, 0.2) is 0 Å². The molecule has 11 aromatic rings. The number of hydrogen-bond acceptors (Lipinski definition) is 1. The Kier molecular flexibility index (Phi) is 8.87. The van der Waals surface area contributed by atoms with E-state index in [0.717, 1.165) is 28.3 Å². The third-order valence-electron chi connectivity index (χ3n) is 11.8. The largest absolute Gasteiger partial charge is 0.310 e. The van der Waals surface area contributed by atoms with Crippen LogP contribution in [0.2, 0.25) is 0 Å². The highest BCUT2D eigenvalue weighted by molar-refractivity contribution is 6.09. The van der Waals surface area contributed by atoms with Crippen molar-refractivity contribution in [1.29, 1.82) is 0 Å². The van der Waals surface area contributed by atoms with Crippen LogP contribution in [-0.2, 0) is 0 Å². The molecule has 0 unspecified atom stereocenters. The first-order valence-electron chi connectivity index (χ1n) is 20.6. The van der Waals surface area contributed by atoms with E-state index in [1.165, 1.54) is 71.5 Å². The summed E-state index contributed by atoms with van der Waals surface area (Å²) in [5.41, 5.74) is 16.3. The van der Waals surface area contributed by atoms with Gasteiger partial charge in [-0.2, -0.15) is 0 Å². The van der Waals surface area contributed by atoms with Gasteiger partial charge in [0.25, 0.3) is 0 Å². The Morgan fingerprint density at radius 3 is 1.45 bits per heavy atom. The third kappa shape index (κ3) is 6.41. The normalized spacial score (nSPS) is 11.3. The van der Waals surface area contributed by atoms with Gasteiger partial charge in [-0.15, -0.1) is 0 Å². The maximum absolute atomic E-state index is 2.40. The highest BCUT2D eigenvalue weighted by atomic mass is 15.1. The molecule has 0 radical (unpaired) electrons. The summed E-state index contributed by atoms with van der Waals surface area (Å²) >= 11 is 0. The zero-order chi connectivity index (χ0) is 39.8. The van der Waals surface area contributed by atoms with Gasteiger partial charge in [0, 0.05) is 33.5 Å². The SMILES string of the molecule is c1ccc(-c2ccc(N(c3ccc(-c4ccc(-n5c6ccccc6c6ccccc65)cc4-c4ccccc4)cc3)c3cccc(-c4ccc5ccccc5c4)c3)cc2)cc1. The molecule has 0 spiro atoms. The lowest BCUT2D eigenvalue weighted by Gasteiger charge is -2.26. The Bertz CT molecular complexity index is 3240. The van der Waals surface area contributed by atoms with Crippen LogP contribution in [0.5, 0.6) is 0 Å². The summed E-state index contributed by atoms with van der Waals surface area (Å²) in [6, 6.07) is 87.9. The van der Waals surface area contributed by atoms with Crippen LogP contribution in [0.15, 0.2) is 243 Å². The molecule has 0 fully saturated rings. The Labute approximate surface area is 350 Å². The monoisotopic (exact) mass is 764 g/mol. The smallest absolute Gasteiger partial charge is 0.0541 e. The summed E-state index contributed by atoms with van der Waals surface area (Å²) < 4.78 is 2.40. The van der Waals surface area contributed by atoms with Crippen molar-refractivity contribution in [2.24, 2.45) is 0 Å². The predicted octanol–water partition coefficient (Wildman–Crippen LogP) is 16.1. The second kappa shape index (κ2) is 15.1. The Morgan fingerprint density at radius 2 is 0.767 bits per heavy atom. The van der Waals surface area contributed by atoms with E-state index in [1.54, 1.807) is 0 Å². The second-order valence-corrected chi connectivity index (χ2v) is 15.4. The van der Waals surface area contributed by atoms with Crippen LogP contribution >= 0.6 is 0 Å². The van der Waals surface area contributed by atoms with Crippen molar-refractivity contribution >= 4 is 49.6 Å². The molecule has 0 saturated heterocycles. The molecule has 10 aromatic carbocycles. The van der Waals surface area contributed by atoms with Crippen molar-refractivity contribution < 1.29 is 0 Å². The van der Waals surface area contributed by atoms with Crippen molar-refractivity contribution in [3.05, 3.63) is 243 Å². The van der Waals surface area contributed by atoms with Crippen LogP contribution < -0.4 is 4.90 Å². The van der Waals surface area contributed by atoms with Gasteiger partial charge >= 0.3 is 0 Å². The zero-order valence-electron chi connectivity index (χ0n) is 33.0. The number of aromatic nitrogens is 1. The van der Waals surface area contributed by atoms with E-state index in [1.807, 2.05) is 0 Å². The lowest BCUT2D eigenvalue weighted by molar-refractivity contribution is 1.18. The quantitative estimate of drug-likeness (QED) is 0.150. The van der Waals surface area contributed by atoms with E-state index < -0.39 is 0 Å². The van der Waals surface area contributed by atoms with E-state index in [4.69, 9.17) is 0 Å². The van der Waals surface area contributed by atoms with Crippen LogP contribution in [0, 0.1) is 0 Å². The van der Waals surface area contributed by atoms with E-state index >= 15 is 0 Å². The first-order chi connectivity index (χ1) is 29.7. The minimum absolute atomic E-state index is 1.09. The first kappa shape index (κ1) is 35.2. The van der Waals surface area contributed by atoms with Gasteiger partial charge in [-0.25, -0.2) is 0 Å². The van der Waals surface area contributed by atoms with Crippen LogP contribution in [0.1, 0.15) is 0 Å². The summed E-state index contributed by atoms with van der Waals surface area (Å²) in [7, 11) is 0. The van der Waals surface area contributed by atoms with Gasteiger partial charge in [0.1, 0.15) is 0 Å². The molecule has 60 heavy (non-hydrogen) atoms. The molecule has 0 amide bonds. The molecule has 1 aromatic heterocycles. The van der Waals surface area contributed by atoms with Gasteiger partial charge in [-0.3, -0.25) is 0 Å². The number of rotatable bonds is 8. The molecule has 1 heterocycles. The van der Waals surface area contributed by atoms with Crippen molar-refractivity contribution in [3.63, 3.8) is 0 Å². The summed E-state index contributed by atoms with van der Waals surface area (Å²) in [5, 5.41) is 5.00. The summed E-state index contributed by atoms with van der Waals surface area (Å²) in [6.07, 6.45) is 0. The Balaban J connectivity index is 1.02. The lowest BCUT2D eigenvalue weighted by Crippen LogP contribution is -2.10. The number of para-hydroxylation sites is 2. The predicted molar refractivity (Wildman–Crippen MR) is 255 cm³/mol. The van der Waals surface area contributed by atoms with Gasteiger partial charge in [-0.1, -0.05) is 176 Å². The standard InChI is InChI=1S/C58H40N2/c1-3-14-41(15-4-1)43-28-32-49(33-29-43)59(51-21-13-20-47(39-51)48-27-26-42-16-7-8-19-46(42)38-48)50-34-30-45(31-35-50)53-37-36-52(40-56(53)44-17-5-2-6-18-44)60-57-24-11-9-22-54(57)55-23-10-12-25-58(55)60/h1-40H. The lowest BCUT2D eigenvalue weighted by atomic mass is 9.93. The molecule has 2 heteroatoms. The number of benzene rings is 10. The van der Waals surface area contributed by atoms with E-state index in [0.29, 0.717) is 0 Å². The molecule has 0 aliphatic rings. The average Bonchev–Trinajstić information content (AvgIpc) is 3.67. The number of hydrogen-bond donors (Lipinski definition) is 0. The van der Waals surface area contributed by atoms with Crippen LogP contribution in [0.25, 0.3) is 82.8 Å². The second-order valence-electron chi connectivity index (χ2n) is 15.4. The van der Waals surface area contributed by atoms with Crippen molar-refractivity contribution in [2.75, 3.05) is 4.90 Å². The Hall–Kier alpha value is -7.94. The van der Waals surface area contributed by atoms with Gasteiger partial charge < -0.3 is 9.47 Å².